The number of nitrogen functional groups attached to an aromatic ring is 1. The Balaban J connectivity index is 3.07. The van der Waals surface area contributed by atoms with E-state index in [-0.39, 0.29) is 17.7 Å². The molecule has 0 bridgehead atoms. The van der Waals surface area contributed by atoms with Crippen LogP contribution in [-0.4, -0.2) is 33.0 Å². The summed E-state index contributed by atoms with van der Waals surface area (Å²) in [5.41, 5.74) is 7.93. The molecule has 1 atom stereocenters. The molecule has 6 heteroatoms. The summed E-state index contributed by atoms with van der Waals surface area (Å²) in [4.78, 5) is 0. The fourth-order valence-electron chi connectivity index (χ4n) is 1.42. The van der Waals surface area contributed by atoms with Crippen molar-refractivity contribution in [2.24, 2.45) is 5.73 Å². The van der Waals surface area contributed by atoms with E-state index in [1.807, 2.05) is 20.8 Å². The Bertz CT molecular complexity index is 422. The van der Waals surface area contributed by atoms with E-state index in [1.54, 1.807) is 0 Å². The number of nitrogens with two attached hydrogens (primary N) is 1. The summed E-state index contributed by atoms with van der Waals surface area (Å²) >= 11 is 1.49. The van der Waals surface area contributed by atoms with Crippen LogP contribution in [0.1, 0.15) is 30.2 Å². The number of aromatic nitrogens is 2. The highest BCUT2D eigenvalue weighted by Gasteiger charge is 2.16. The summed E-state index contributed by atoms with van der Waals surface area (Å²) < 4.78 is 0. The van der Waals surface area contributed by atoms with Gasteiger partial charge in [-0.05, 0) is 25.8 Å². The van der Waals surface area contributed by atoms with Crippen molar-refractivity contribution in [3.63, 3.8) is 0 Å². The third-order valence-electron chi connectivity index (χ3n) is 2.54. The van der Waals surface area contributed by atoms with E-state index in [1.165, 1.54) is 11.8 Å². The van der Waals surface area contributed by atoms with Crippen LogP contribution in [0.3, 0.4) is 0 Å². The summed E-state index contributed by atoms with van der Waals surface area (Å²) in [5, 5.41) is 25.5. The van der Waals surface area contributed by atoms with Crippen LogP contribution >= 0.6 is 11.8 Å². The van der Waals surface area contributed by atoms with Gasteiger partial charge < -0.3 is 10.8 Å². The number of nitrogens with zero attached hydrogens (tertiary/aromatic N) is 2. The van der Waals surface area contributed by atoms with E-state index in [0.29, 0.717) is 17.0 Å². The van der Waals surface area contributed by atoms with Gasteiger partial charge in [0, 0.05) is 11.9 Å². The molecule has 0 fully saturated rings. The lowest BCUT2D eigenvalue weighted by Crippen LogP contribution is -2.17. The third kappa shape index (κ3) is 3.41. The molecular formula is C11H18N4OS. The first-order valence-corrected chi connectivity index (χ1v) is 6.31. The van der Waals surface area contributed by atoms with Gasteiger partial charge >= 0.3 is 0 Å². The fourth-order valence-corrected chi connectivity index (χ4v) is 2.49. The van der Waals surface area contributed by atoms with E-state index in [4.69, 9.17) is 16.2 Å². The number of thioether (sulfide) groups is 1. The lowest BCUT2D eigenvalue weighted by Gasteiger charge is -2.14. The van der Waals surface area contributed by atoms with Gasteiger partial charge in [0.15, 0.2) is 0 Å². The minimum absolute atomic E-state index is 0.0131. The van der Waals surface area contributed by atoms with Gasteiger partial charge in [0.2, 0.25) is 0 Å². The fraction of sp³-hybridized carbons (Fsp3) is 0.545. The molecule has 1 aromatic rings. The summed E-state index contributed by atoms with van der Waals surface area (Å²) in [6.45, 7) is 5.88. The lowest BCUT2D eigenvalue weighted by molar-refractivity contribution is 0.289. The Hall–Kier alpha value is -1.14. The van der Waals surface area contributed by atoms with E-state index in [9.17, 15) is 0 Å². The minimum Gasteiger partial charge on any atom is -0.396 e. The van der Waals surface area contributed by atoms with Crippen molar-refractivity contribution < 1.29 is 5.11 Å². The molecule has 0 saturated carbocycles. The molecule has 94 valence electrons. The number of aliphatic hydroxyl groups excluding tert-OH is 1. The molecule has 0 spiro atoms. The molecule has 0 radical (unpaired) electrons. The average molecular weight is 254 g/mol. The number of rotatable bonds is 5. The highest BCUT2D eigenvalue weighted by molar-refractivity contribution is 7.99. The quantitative estimate of drug-likeness (QED) is 0.417. The molecule has 4 N–H and O–H groups in total. The van der Waals surface area contributed by atoms with Crippen LogP contribution in [0.5, 0.6) is 0 Å². The molecule has 0 aromatic carbocycles. The van der Waals surface area contributed by atoms with Crippen molar-refractivity contribution in [3.05, 3.63) is 16.8 Å². The number of hydrogen-bond donors (Lipinski definition) is 3. The SMILES string of the molecule is Cc1nnc(SC(C)CCO)c(C(=N)N)c1C. The highest BCUT2D eigenvalue weighted by atomic mass is 32.2. The molecule has 1 heterocycles. The van der Waals surface area contributed by atoms with Crippen molar-refractivity contribution >= 4 is 17.6 Å². The van der Waals surface area contributed by atoms with E-state index >= 15 is 0 Å². The second-order valence-corrected chi connectivity index (χ2v) is 5.37. The maximum atomic E-state index is 8.88. The van der Waals surface area contributed by atoms with Crippen molar-refractivity contribution in [1.29, 1.82) is 5.41 Å². The molecule has 1 aromatic heterocycles. The molecule has 0 amide bonds. The second kappa shape index (κ2) is 5.97. The molecule has 5 nitrogen and oxygen atoms in total. The summed E-state index contributed by atoms with van der Waals surface area (Å²) in [7, 11) is 0. The van der Waals surface area contributed by atoms with Crippen molar-refractivity contribution in [1.82, 2.24) is 10.2 Å². The Morgan fingerprint density at radius 1 is 1.47 bits per heavy atom. The first kappa shape index (κ1) is 13.9. The molecule has 0 saturated heterocycles. The molecule has 0 aliphatic heterocycles. The van der Waals surface area contributed by atoms with Crippen LogP contribution in [0.2, 0.25) is 0 Å². The third-order valence-corrected chi connectivity index (χ3v) is 3.69. The molecule has 0 aliphatic carbocycles. The number of hydrogen-bond acceptors (Lipinski definition) is 5. The van der Waals surface area contributed by atoms with Gasteiger partial charge in [0.05, 0.1) is 11.3 Å². The first-order valence-electron chi connectivity index (χ1n) is 5.43. The predicted molar refractivity (Wildman–Crippen MR) is 69.5 cm³/mol. The maximum absolute atomic E-state index is 8.88. The van der Waals surface area contributed by atoms with Crippen LogP contribution in [0.25, 0.3) is 0 Å². The monoisotopic (exact) mass is 254 g/mol. The van der Waals surface area contributed by atoms with Crippen LogP contribution in [0.4, 0.5) is 0 Å². The topological polar surface area (TPSA) is 95.9 Å². The largest absolute Gasteiger partial charge is 0.396 e. The summed E-state index contributed by atoms with van der Waals surface area (Å²) in [6.07, 6.45) is 0.677. The summed E-state index contributed by atoms with van der Waals surface area (Å²) in [5.74, 6) is 0.0131. The average Bonchev–Trinajstić information content (AvgIpc) is 2.23. The minimum atomic E-state index is 0.0131. The van der Waals surface area contributed by atoms with Gasteiger partial charge in [-0.15, -0.1) is 16.9 Å². The van der Waals surface area contributed by atoms with E-state index < -0.39 is 0 Å². The van der Waals surface area contributed by atoms with Crippen molar-refractivity contribution in [2.45, 2.75) is 37.5 Å². The van der Waals surface area contributed by atoms with Crippen LogP contribution in [-0.2, 0) is 0 Å². The molecular weight excluding hydrogens is 236 g/mol. The zero-order chi connectivity index (χ0) is 13.0. The number of aryl methyl sites for hydroxylation is 1. The zero-order valence-electron chi connectivity index (χ0n) is 10.3. The van der Waals surface area contributed by atoms with Gasteiger partial charge in [-0.25, -0.2) is 0 Å². The first-order chi connectivity index (χ1) is 7.97. The van der Waals surface area contributed by atoms with Gasteiger partial charge in [-0.3, -0.25) is 5.41 Å². The van der Waals surface area contributed by atoms with Gasteiger partial charge in [0.25, 0.3) is 0 Å². The normalized spacial score (nSPS) is 12.5. The Labute approximate surface area is 105 Å². The molecule has 1 unspecified atom stereocenters. The standard InChI is InChI=1S/C11H18N4OS/c1-6(4-5-16)17-11-9(10(12)13)7(2)8(3)14-15-11/h6,16H,4-5H2,1-3H3,(H3,12,13). The van der Waals surface area contributed by atoms with E-state index in [2.05, 4.69) is 10.2 Å². The number of amidine groups is 1. The van der Waals surface area contributed by atoms with Crippen LogP contribution < -0.4 is 5.73 Å². The van der Waals surface area contributed by atoms with Gasteiger partial charge in [0.1, 0.15) is 10.9 Å². The predicted octanol–water partition coefficient (Wildman–Crippen LogP) is 1.24. The van der Waals surface area contributed by atoms with Crippen molar-refractivity contribution in [3.8, 4) is 0 Å². The number of nitrogens with one attached hydrogen (secondary N) is 1. The molecule has 1 rings (SSSR count). The summed E-state index contributed by atoms with van der Waals surface area (Å²) in [6, 6.07) is 0. The second-order valence-electron chi connectivity index (χ2n) is 3.94. The number of aliphatic hydroxyl groups is 1. The Morgan fingerprint density at radius 2 is 2.12 bits per heavy atom. The highest BCUT2D eigenvalue weighted by Crippen LogP contribution is 2.28. The molecule has 17 heavy (non-hydrogen) atoms. The Morgan fingerprint density at radius 3 is 2.65 bits per heavy atom. The maximum Gasteiger partial charge on any atom is 0.130 e. The van der Waals surface area contributed by atoms with Crippen LogP contribution in [0, 0.1) is 19.3 Å². The Kier molecular flexibility index (Phi) is 4.89. The van der Waals surface area contributed by atoms with Gasteiger partial charge in [-0.2, -0.15) is 5.10 Å². The molecule has 0 aliphatic rings. The van der Waals surface area contributed by atoms with Crippen LogP contribution in [0.15, 0.2) is 5.03 Å². The lowest BCUT2D eigenvalue weighted by atomic mass is 10.1. The van der Waals surface area contributed by atoms with Crippen molar-refractivity contribution in [2.75, 3.05) is 6.61 Å². The zero-order valence-corrected chi connectivity index (χ0v) is 11.1. The van der Waals surface area contributed by atoms with E-state index in [0.717, 1.165) is 11.3 Å². The smallest absolute Gasteiger partial charge is 0.130 e. The van der Waals surface area contributed by atoms with Gasteiger partial charge in [-0.1, -0.05) is 6.92 Å².